The third kappa shape index (κ3) is 7.03. The Balaban J connectivity index is 3.28. The molecule has 0 atom stereocenters. The van der Waals surface area contributed by atoms with E-state index in [4.69, 9.17) is 26.3 Å². The fraction of sp³-hybridized carbons (Fsp3) is 0.250. The highest BCUT2D eigenvalue weighted by atomic mass is 17.0. The van der Waals surface area contributed by atoms with Gasteiger partial charge in [-0.2, -0.15) is 0 Å². The second-order valence-corrected chi connectivity index (χ2v) is 1.30. The fourth-order valence-corrected chi connectivity index (χ4v) is 0.126. The topological polar surface area (TPSA) is 79.2 Å². The maximum absolute atomic E-state index is 7.64. The van der Waals surface area contributed by atoms with E-state index in [0.717, 1.165) is 0 Å². The lowest BCUT2D eigenvalue weighted by molar-refractivity contribution is -0.202. The van der Waals surface area contributed by atoms with Crippen LogP contribution in [0, 0.1) is 20.8 Å². The highest BCUT2D eigenvalue weighted by Gasteiger charge is 2.11. The fourth-order valence-electron chi connectivity index (χ4n) is 0.126. The van der Waals surface area contributed by atoms with Crippen LogP contribution >= 0.6 is 0 Å². The number of azide groups is 1. The van der Waals surface area contributed by atoms with Gasteiger partial charge in [0.15, 0.2) is 0 Å². The summed E-state index contributed by atoms with van der Waals surface area (Å²) in [5, 5.41) is 2.55. The van der Waals surface area contributed by atoms with Crippen LogP contribution < -0.4 is 5.64 Å². The molecule has 0 bridgehead atoms. The van der Waals surface area contributed by atoms with Crippen LogP contribution in [0.15, 0.2) is 5.28 Å². The summed E-state index contributed by atoms with van der Waals surface area (Å²) < 4.78 is 0. The Labute approximate surface area is 58.6 Å². The normalized spacial score (nSPS) is 10.3. The highest BCUT2D eigenvalue weighted by Crippen LogP contribution is 2.00. The maximum Gasteiger partial charge on any atom is 0.134 e. The molecule has 6 radical (unpaired) electrons. The Morgan fingerprint density at radius 3 is 2.50 bits per heavy atom. The first-order valence-corrected chi connectivity index (χ1v) is 2.06. The molecule has 0 aliphatic heterocycles. The molecule has 0 aromatic rings. The summed E-state index contributed by atoms with van der Waals surface area (Å²) in [7, 11) is 0. The van der Waals surface area contributed by atoms with E-state index in [1.807, 2.05) is 0 Å². The summed E-state index contributed by atoms with van der Waals surface area (Å²) in [5.41, 5.74) is 7.40. The number of nitrogens with one attached hydrogen (secondary N) is 1. The predicted molar refractivity (Wildman–Crippen MR) is 30.1 cm³/mol. The minimum atomic E-state index is -1.87. The van der Waals surface area contributed by atoms with Gasteiger partial charge in [-0.1, -0.05) is 0 Å². The van der Waals surface area contributed by atoms with E-state index >= 15 is 0 Å². The molecule has 0 aliphatic carbocycles. The first-order valence-electron chi connectivity index (χ1n) is 2.06. The summed E-state index contributed by atoms with van der Waals surface area (Å²) in [6.45, 7) is 14.6. The minimum absolute atomic E-state index is 1.63. The zero-order chi connectivity index (χ0) is 8.04. The van der Waals surface area contributed by atoms with Crippen LogP contribution in [0.2, 0.25) is 0 Å². The molecular formula is C4H4N4O2. The molecule has 0 saturated carbocycles. The van der Waals surface area contributed by atoms with E-state index in [9.17, 15) is 0 Å². The molecular weight excluding hydrogens is 136 g/mol. The van der Waals surface area contributed by atoms with Crippen molar-refractivity contribution < 1.29 is 9.78 Å². The summed E-state index contributed by atoms with van der Waals surface area (Å²) >= 11 is 0. The van der Waals surface area contributed by atoms with Crippen LogP contribution in [-0.4, -0.2) is 5.60 Å². The third-order valence-electron chi connectivity index (χ3n) is 0.333. The minimum Gasteiger partial charge on any atom is -0.310 e. The molecule has 1 N–H and O–H groups in total. The number of nitrogens with zero attached hydrogens (tertiary/aromatic N) is 3. The van der Waals surface area contributed by atoms with Gasteiger partial charge in [0.05, 0.1) is 0 Å². The smallest absolute Gasteiger partial charge is 0.134 e. The van der Waals surface area contributed by atoms with Crippen LogP contribution in [0.25, 0.3) is 10.4 Å². The molecule has 52 valence electrons. The Kier molecular flexibility index (Phi) is 3.56. The predicted octanol–water partition coefficient (Wildman–Crippen LogP) is 0.537. The lowest BCUT2D eigenvalue weighted by Gasteiger charge is -2.15. The van der Waals surface area contributed by atoms with Crippen LogP contribution in [0.5, 0.6) is 0 Å². The third-order valence-corrected chi connectivity index (χ3v) is 0.333. The Morgan fingerprint density at radius 2 is 2.10 bits per heavy atom. The molecule has 0 aromatic carbocycles. The van der Waals surface area contributed by atoms with Crippen LogP contribution in [0.3, 0.4) is 0 Å². The number of hydrogen-bond donors (Lipinski definition) is 1. The quantitative estimate of drug-likeness (QED) is 0.203. The summed E-state index contributed by atoms with van der Waals surface area (Å²) in [6.07, 6.45) is 0. The lowest BCUT2D eigenvalue weighted by Crippen LogP contribution is -2.28. The molecule has 0 unspecified atom stereocenters. The van der Waals surface area contributed by atoms with Gasteiger partial charge in [0.2, 0.25) is 0 Å². The van der Waals surface area contributed by atoms with Crippen molar-refractivity contribution >= 4 is 0 Å². The SMILES string of the molecule is [CH]C([CH])([CH])ONON=[N+]=[N-]. The maximum atomic E-state index is 7.64. The van der Waals surface area contributed by atoms with E-state index in [1.165, 1.54) is 0 Å². The number of rotatable bonds is 4. The monoisotopic (exact) mass is 140 g/mol. The van der Waals surface area contributed by atoms with Crippen molar-refractivity contribution in [3.05, 3.63) is 31.2 Å². The van der Waals surface area contributed by atoms with Gasteiger partial charge in [0.1, 0.15) is 10.9 Å². The summed E-state index contributed by atoms with van der Waals surface area (Å²) in [6, 6.07) is 0. The molecule has 6 heteroatoms. The van der Waals surface area contributed by atoms with Crippen LogP contribution in [0.4, 0.5) is 0 Å². The standard InChI is InChI=1S/C4H4N4O2/c1-4(2,3)9-8-10-7-6-5/h1-3,8H. The van der Waals surface area contributed by atoms with Crippen molar-refractivity contribution in [1.29, 1.82) is 0 Å². The van der Waals surface area contributed by atoms with Gasteiger partial charge in [0, 0.05) is 25.7 Å². The Bertz CT molecular complexity index is 135. The highest BCUT2D eigenvalue weighted by molar-refractivity contribution is 4.87. The average molecular weight is 140 g/mol. The lowest BCUT2D eigenvalue weighted by atomic mass is 10.2. The first kappa shape index (κ1) is 9.03. The first-order chi connectivity index (χ1) is 4.56. The molecule has 0 aromatic heterocycles. The number of hydrogen-bond acceptors (Lipinski definition) is 4. The van der Waals surface area contributed by atoms with Crippen molar-refractivity contribution in [3.8, 4) is 0 Å². The Morgan fingerprint density at radius 1 is 1.50 bits per heavy atom. The van der Waals surface area contributed by atoms with E-state index in [1.54, 1.807) is 5.64 Å². The van der Waals surface area contributed by atoms with E-state index in [-0.39, 0.29) is 0 Å². The summed E-state index contributed by atoms with van der Waals surface area (Å²) in [5.74, 6) is 0. The van der Waals surface area contributed by atoms with Gasteiger partial charge < -0.3 is 4.94 Å². The van der Waals surface area contributed by atoms with Gasteiger partial charge in [-0.25, -0.2) is 0 Å². The average Bonchev–Trinajstić information content (AvgIpc) is 1.78. The molecule has 0 fully saturated rings. The largest absolute Gasteiger partial charge is 0.310 e. The molecule has 6 nitrogen and oxygen atoms in total. The molecule has 0 amide bonds. The molecule has 10 heavy (non-hydrogen) atoms. The zero-order valence-electron chi connectivity index (χ0n) is 4.89. The van der Waals surface area contributed by atoms with Crippen molar-refractivity contribution in [2.24, 2.45) is 5.28 Å². The van der Waals surface area contributed by atoms with Gasteiger partial charge in [-0.05, 0) is 11.2 Å². The summed E-state index contributed by atoms with van der Waals surface area (Å²) in [4.78, 5) is 10.2. The van der Waals surface area contributed by atoms with Crippen molar-refractivity contribution in [2.45, 2.75) is 5.60 Å². The second kappa shape index (κ2) is 3.94. The van der Waals surface area contributed by atoms with E-state index in [2.05, 4.69) is 20.0 Å². The van der Waals surface area contributed by atoms with Crippen LogP contribution in [-0.2, 0) is 9.78 Å². The molecule has 0 aliphatic rings. The molecule has 0 heterocycles. The van der Waals surface area contributed by atoms with Crippen LogP contribution in [0.1, 0.15) is 0 Å². The molecule has 0 spiro atoms. The van der Waals surface area contributed by atoms with E-state index < -0.39 is 5.60 Å². The van der Waals surface area contributed by atoms with Gasteiger partial charge in [-0.3, -0.25) is 4.84 Å². The second-order valence-electron chi connectivity index (χ2n) is 1.30. The van der Waals surface area contributed by atoms with Gasteiger partial charge in [-0.15, -0.1) is 0 Å². The van der Waals surface area contributed by atoms with Gasteiger partial charge >= 0.3 is 0 Å². The van der Waals surface area contributed by atoms with Gasteiger partial charge in [0.25, 0.3) is 0 Å². The van der Waals surface area contributed by atoms with Crippen molar-refractivity contribution in [3.63, 3.8) is 0 Å². The molecule has 0 saturated heterocycles. The zero-order valence-corrected chi connectivity index (χ0v) is 4.89. The van der Waals surface area contributed by atoms with E-state index in [0.29, 0.717) is 0 Å². The molecule has 0 rings (SSSR count). The Hall–Kier alpha value is -0.970. The van der Waals surface area contributed by atoms with Crippen molar-refractivity contribution in [1.82, 2.24) is 5.64 Å². The van der Waals surface area contributed by atoms with Crippen molar-refractivity contribution in [2.75, 3.05) is 0 Å².